The zero-order chi connectivity index (χ0) is 26.0. The number of aryl methyl sites for hydroxylation is 1. The summed E-state index contributed by atoms with van der Waals surface area (Å²) in [5.74, 6) is -0.149. The Morgan fingerprint density at radius 2 is 1.89 bits per heavy atom. The van der Waals surface area contributed by atoms with Crippen LogP contribution in [0.25, 0.3) is 11.1 Å². The first-order valence-corrected chi connectivity index (χ1v) is 12.3. The van der Waals surface area contributed by atoms with Gasteiger partial charge in [0.05, 0.1) is 17.3 Å². The summed E-state index contributed by atoms with van der Waals surface area (Å²) in [5.41, 5.74) is 10.5. The number of carbonyl (C=O) groups excluding carboxylic acids is 1. The van der Waals surface area contributed by atoms with Gasteiger partial charge in [-0.3, -0.25) is 9.48 Å². The Bertz CT molecular complexity index is 1270. The van der Waals surface area contributed by atoms with Gasteiger partial charge in [-0.05, 0) is 37.0 Å². The smallest absolute Gasteiger partial charge is 0.407 e. The molecule has 1 aliphatic heterocycles. The number of rotatable bonds is 5. The highest BCUT2D eigenvalue weighted by Crippen LogP contribution is 2.35. The molecule has 0 radical (unpaired) electrons. The van der Waals surface area contributed by atoms with Crippen LogP contribution in [0.4, 0.5) is 16.3 Å². The lowest BCUT2D eigenvalue weighted by Crippen LogP contribution is -2.38. The van der Waals surface area contributed by atoms with E-state index in [1.807, 2.05) is 42.1 Å². The monoisotopic (exact) mass is 490 g/mol. The van der Waals surface area contributed by atoms with E-state index in [1.54, 1.807) is 12.3 Å². The molecule has 0 bridgehead atoms. The topological polar surface area (TPSA) is 126 Å². The Hall–Kier alpha value is -3.88. The highest BCUT2D eigenvalue weighted by molar-refractivity contribution is 6.08. The van der Waals surface area contributed by atoms with E-state index in [0.29, 0.717) is 31.5 Å². The van der Waals surface area contributed by atoms with Crippen LogP contribution in [0.5, 0.6) is 0 Å². The van der Waals surface area contributed by atoms with Gasteiger partial charge >= 0.3 is 6.09 Å². The fraction of sp³-hybridized carbons (Fsp3) is 0.407. The van der Waals surface area contributed by atoms with E-state index in [0.717, 1.165) is 34.5 Å². The number of pyridine rings is 1. The number of nitrogens with one attached hydrogen (secondary N) is 1. The number of amides is 2. The van der Waals surface area contributed by atoms with E-state index in [-0.39, 0.29) is 23.2 Å². The summed E-state index contributed by atoms with van der Waals surface area (Å²) in [7, 11) is 0. The fourth-order valence-electron chi connectivity index (χ4n) is 4.61. The molecule has 4 rings (SSSR count). The number of likely N-dealkylation sites (tertiary alicyclic amines) is 1. The average molecular weight is 491 g/mol. The number of hydrogen-bond acceptors (Lipinski definition) is 5. The van der Waals surface area contributed by atoms with Crippen LogP contribution >= 0.6 is 0 Å². The number of benzene rings is 1. The zero-order valence-electron chi connectivity index (χ0n) is 21.3. The predicted octanol–water partition coefficient (Wildman–Crippen LogP) is 4.95. The minimum absolute atomic E-state index is 0.102. The number of nitrogen functional groups attached to an aromatic ring is 1. The van der Waals surface area contributed by atoms with Gasteiger partial charge in [-0.25, -0.2) is 9.78 Å². The van der Waals surface area contributed by atoms with Crippen LogP contribution in [0.2, 0.25) is 0 Å². The Balaban J connectivity index is 1.67. The lowest BCUT2D eigenvalue weighted by molar-refractivity contribution is 0.102. The lowest BCUT2D eigenvalue weighted by Gasteiger charge is -2.30. The van der Waals surface area contributed by atoms with Crippen LogP contribution in [-0.2, 0) is 11.8 Å². The third-order valence-electron chi connectivity index (χ3n) is 6.67. The van der Waals surface area contributed by atoms with E-state index in [4.69, 9.17) is 10.8 Å². The van der Waals surface area contributed by atoms with Gasteiger partial charge in [-0.2, -0.15) is 5.10 Å². The van der Waals surface area contributed by atoms with Crippen LogP contribution in [-0.4, -0.2) is 49.9 Å². The van der Waals surface area contributed by atoms with E-state index >= 15 is 0 Å². The molecule has 9 nitrogen and oxygen atoms in total. The Labute approximate surface area is 211 Å². The van der Waals surface area contributed by atoms with Crippen molar-refractivity contribution in [1.82, 2.24) is 19.7 Å². The maximum absolute atomic E-state index is 13.2. The lowest BCUT2D eigenvalue weighted by atomic mass is 9.87. The van der Waals surface area contributed by atoms with E-state index in [1.165, 1.54) is 4.90 Å². The van der Waals surface area contributed by atoms with Crippen molar-refractivity contribution >= 4 is 23.5 Å². The molecular weight excluding hydrogens is 456 g/mol. The standard InChI is InChI=1S/C27H34N6O3/c1-5-17-8-6-7-9-22(17)30-25(34)20-14-18(15-29-24(20)28)21-16-33(31-23(21)27(2,3)4)19-10-12-32(13-11-19)26(35)36/h6-9,14-16,19H,5,10-13H2,1-4H3,(H2,28,29)(H,30,34)(H,35,36). The number of aromatic nitrogens is 3. The number of anilines is 2. The molecular formula is C27H34N6O3. The number of hydrogen-bond donors (Lipinski definition) is 3. The second kappa shape index (κ2) is 10.0. The predicted molar refractivity (Wildman–Crippen MR) is 140 cm³/mol. The fourth-order valence-corrected chi connectivity index (χ4v) is 4.61. The van der Waals surface area contributed by atoms with Crippen LogP contribution in [0.3, 0.4) is 0 Å². The first kappa shape index (κ1) is 25.2. The Kier molecular flexibility index (Phi) is 7.01. The summed E-state index contributed by atoms with van der Waals surface area (Å²) in [6.45, 7) is 9.28. The van der Waals surface area contributed by atoms with E-state index < -0.39 is 6.09 Å². The van der Waals surface area contributed by atoms with Gasteiger partial charge in [-0.1, -0.05) is 45.9 Å². The van der Waals surface area contributed by atoms with Crippen molar-refractivity contribution in [3.63, 3.8) is 0 Å². The SMILES string of the molecule is CCc1ccccc1NC(=O)c1cc(-c2cn(C3CCN(C(=O)O)CC3)nc2C(C)(C)C)cnc1N. The maximum atomic E-state index is 13.2. The molecule has 9 heteroatoms. The molecule has 190 valence electrons. The normalized spacial score (nSPS) is 14.6. The molecule has 1 aromatic carbocycles. The molecule has 0 aliphatic carbocycles. The molecule has 1 aliphatic rings. The molecule has 36 heavy (non-hydrogen) atoms. The molecule has 2 aromatic heterocycles. The van der Waals surface area contributed by atoms with E-state index in [9.17, 15) is 14.7 Å². The molecule has 0 saturated carbocycles. The van der Waals surface area contributed by atoms with Crippen molar-refractivity contribution in [3.8, 4) is 11.1 Å². The van der Waals surface area contributed by atoms with Crippen molar-refractivity contribution in [1.29, 1.82) is 0 Å². The van der Waals surface area contributed by atoms with Gasteiger partial charge in [0.1, 0.15) is 5.82 Å². The number of nitrogens with two attached hydrogens (primary N) is 1. The van der Waals surface area contributed by atoms with Crippen molar-refractivity contribution in [2.45, 2.75) is 58.4 Å². The maximum Gasteiger partial charge on any atom is 0.407 e. The minimum atomic E-state index is -0.884. The van der Waals surface area contributed by atoms with Gasteiger partial charge in [0.15, 0.2) is 0 Å². The van der Waals surface area contributed by atoms with Crippen LogP contribution < -0.4 is 11.1 Å². The first-order chi connectivity index (χ1) is 17.1. The average Bonchev–Trinajstić information content (AvgIpc) is 3.31. The Morgan fingerprint density at radius 3 is 2.53 bits per heavy atom. The summed E-state index contributed by atoms with van der Waals surface area (Å²) in [4.78, 5) is 30.3. The molecule has 3 heterocycles. The summed E-state index contributed by atoms with van der Waals surface area (Å²) >= 11 is 0. The third kappa shape index (κ3) is 5.19. The molecule has 0 spiro atoms. The van der Waals surface area contributed by atoms with E-state index in [2.05, 4.69) is 31.1 Å². The Morgan fingerprint density at radius 1 is 1.19 bits per heavy atom. The number of para-hydroxylation sites is 1. The van der Waals surface area contributed by atoms with Crippen molar-refractivity contribution in [2.24, 2.45) is 0 Å². The third-order valence-corrected chi connectivity index (χ3v) is 6.67. The summed E-state index contributed by atoms with van der Waals surface area (Å²) in [5, 5.41) is 17.2. The summed E-state index contributed by atoms with van der Waals surface area (Å²) in [6.07, 6.45) is 4.97. The van der Waals surface area contributed by atoms with Crippen molar-refractivity contribution in [3.05, 3.63) is 59.5 Å². The van der Waals surface area contributed by atoms with Crippen molar-refractivity contribution < 1.29 is 14.7 Å². The van der Waals surface area contributed by atoms with Crippen molar-refractivity contribution in [2.75, 3.05) is 24.1 Å². The van der Waals surface area contributed by atoms with Gasteiger partial charge in [0, 0.05) is 47.7 Å². The van der Waals surface area contributed by atoms with Crippen LogP contribution in [0, 0.1) is 0 Å². The zero-order valence-corrected chi connectivity index (χ0v) is 21.3. The molecule has 1 saturated heterocycles. The van der Waals surface area contributed by atoms with Gasteiger partial charge in [0.2, 0.25) is 0 Å². The number of piperidine rings is 1. The second-order valence-electron chi connectivity index (χ2n) is 10.2. The molecule has 3 aromatic rings. The molecule has 4 N–H and O–H groups in total. The van der Waals surface area contributed by atoms with Gasteiger partial charge < -0.3 is 21.1 Å². The quantitative estimate of drug-likeness (QED) is 0.464. The van der Waals surface area contributed by atoms with Crippen LogP contribution in [0.1, 0.15) is 68.2 Å². The molecule has 0 atom stereocenters. The van der Waals surface area contributed by atoms with Crippen LogP contribution in [0.15, 0.2) is 42.7 Å². The number of nitrogens with zero attached hydrogens (tertiary/aromatic N) is 4. The molecule has 1 fully saturated rings. The largest absolute Gasteiger partial charge is 0.465 e. The molecule has 0 unspecified atom stereocenters. The number of carboxylic acid groups (broad SMARTS) is 1. The number of carbonyl (C=O) groups is 2. The highest BCUT2D eigenvalue weighted by Gasteiger charge is 2.29. The second-order valence-corrected chi connectivity index (χ2v) is 10.2. The van der Waals surface area contributed by atoms with Gasteiger partial charge in [-0.15, -0.1) is 0 Å². The first-order valence-electron chi connectivity index (χ1n) is 12.3. The summed E-state index contributed by atoms with van der Waals surface area (Å²) < 4.78 is 1.95. The highest BCUT2D eigenvalue weighted by atomic mass is 16.4. The van der Waals surface area contributed by atoms with Gasteiger partial charge in [0.25, 0.3) is 5.91 Å². The minimum Gasteiger partial charge on any atom is -0.465 e. The molecule has 2 amide bonds. The summed E-state index contributed by atoms with van der Waals surface area (Å²) in [6, 6.07) is 9.57.